The van der Waals surface area contributed by atoms with Gasteiger partial charge in [-0.25, -0.2) is 4.79 Å². The Hall–Kier alpha value is -2.61. The van der Waals surface area contributed by atoms with Crippen LogP contribution in [0.25, 0.3) is 0 Å². The first kappa shape index (κ1) is 28.6. The highest BCUT2D eigenvalue weighted by atomic mass is 16.6. The molecule has 1 heterocycles. The van der Waals surface area contributed by atoms with Gasteiger partial charge in [-0.1, -0.05) is 6.08 Å². The van der Waals surface area contributed by atoms with Crippen LogP contribution in [-0.2, 0) is 14.3 Å². The summed E-state index contributed by atoms with van der Waals surface area (Å²) >= 11 is 0. The number of aliphatic imine (C=N–C) groups is 1. The van der Waals surface area contributed by atoms with E-state index in [1.165, 1.54) is 0 Å². The molecule has 2 N–H and O–H groups in total. The molecular formula is C27H43N3O5. The Kier molecular flexibility index (Phi) is 11.0. The van der Waals surface area contributed by atoms with Crippen molar-refractivity contribution in [3.05, 3.63) is 35.3 Å². The lowest BCUT2D eigenvalue weighted by Gasteiger charge is -2.33. The zero-order valence-electron chi connectivity index (χ0n) is 22.0. The maximum absolute atomic E-state index is 12.3. The second-order valence-corrected chi connectivity index (χ2v) is 10.5. The Morgan fingerprint density at radius 3 is 2.51 bits per heavy atom. The quantitative estimate of drug-likeness (QED) is 0.285. The van der Waals surface area contributed by atoms with Gasteiger partial charge in [0, 0.05) is 25.0 Å². The summed E-state index contributed by atoms with van der Waals surface area (Å²) < 4.78 is 11.4. The van der Waals surface area contributed by atoms with Crippen molar-refractivity contribution in [2.45, 2.75) is 78.4 Å². The van der Waals surface area contributed by atoms with Crippen LogP contribution >= 0.6 is 0 Å². The third-order valence-electron chi connectivity index (χ3n) is 6.23. The molecule has 8 heteroatoms. The third kappa shape index (κ3) is 9.88. The molecule has 2 amide bonds. The van der Waals surface area contributed by atoms with Crippen molar-refractivity contribution in [3.8, 4) is 0 Å². The highest BCUT2D eigenvalue weighted by molar-refractivity contribution is 5.79. The average Bonchev–Trinajstić information content (AvgIpc) is 2.82. The predicted molar refractivity (Wildman–Crippen MR) is 138 cm³/mol. The molecule has 0 aromatic rings. The van der Waals surface area contributed by atoms with Crippen LogP contribution in [0, 0.1) is 11.8 Å². The monoisotopic (exact) mass is 489 g/mol. The van der Waals surface area contributed by atoms with Crippen LogP contribution in [0.2, 0.25) is 0 Å². The lowest BCUT2D eigenvalue weighted by molar-refractivity contribution is -0.126. The van der Waals surface area contributed by atoms with Gasteiger partial charge in [-0.15, -0.1) is 0 Å². The second kappa shape index (κ2) is 13.5. The summed E-state index contributed by atoms with van der Waals surface area (Å²) in [6.45, 7) is 15.0. The highest BCUT2D eigenvalue weighted by Gasteiger charge is 2.27. The fourth-order valence-electron chi connectivity index (χ4n) is 4.07. The van der Waals surface area contributed by atoms with Crippen LogP contribution in [0.15, 0.2) is 40.2 Å². The molecule has 1 aliphatic heterocycles. The number of carbonyl (C=O) groups excluding carboxylic acids is 2. The number of rotatable bonds is 9. The molecule has 0 aromatic heterocycles. The lowest BCUT2D eigenvalue weighted by Crippen LogP contribution is -2.42. The second-order valence-electron chi connectivity index (χ2n) is 10.5. The number of nitrogens with one attached hydrogen (secondary N) is 1. The van der Waals surface area contributed by atoms with Gasteiger partial charge in [-0.3, -0.25) is 9.79 Å². The van der Waals surface area contributed by atoms with Gasteiger partial charge in [-0.2, -0.15) is 0 Å². The molecule has 1 unspecified atom stereocenters. The van der Waals surface area contributed by atoms with Gasteiger partial charge in [0.05, 0.1) is 24.7 Å². The van der Waals surface area contributed by atoms with Gasteiger partial charge < -0.3 is 24.8 Å². The summed E-state index contributed by atoms with van der Waals surface area (Å²) in [5.41, 5.74) is 1.40. The summed E-state index contributed by atoms with van der Waals surface area (Å²) in [5.74, 6) is 1.10. The Labute approximate surface area is 210 Å². The first-order valence-electron chi connectivity index (χ1n) is 12.6. The Morgan fingerprint density at radius 2 is 1.97 bits per heavy atom. The van der Waals surface area contributed by atoms with Crippen molar-refractivity contribution in [1.29, 1.82) is 0 Å². The summed E-state index contributed by atoms with van der Waals surface area (Å²) in [6, 6.07) is -0.233. The zero-order chi connectivity index (χ0) is 26.0. The molecule has 2 aliphatic rings. The normalized spacial score (nSPS) is 21.1. The number of nitrogens with zero attached hydrogens (tertiary/aromatic N) is 2. The summed E-state index contributed by atoms with van der Waals surface area (Å²) in [4.78, 5) is 30.4. The molecule has 35 heavy (non-hydrogen) atoms. The van der Waals surface area contributed by atoms with Crippen LogP contribution < -0.4 is 5.32 Å². The molecule has 2 atom stereocenters. The summed E-state index contributed by atoms with van der Waals surface area (Å²) in [7, 11) is 0. The molecular weight excluding hydrogens is 446 g/mol. The van der Waals surface area contributed by atoms with Crippen LogP contribution in [0.3, 0.4) is 0 Å². The number of hydrogen-bond donors (Lipinski definition) is 2. The minimum absolute atomic E-state index is 0.0139. The fourth-order valence-corrected chi connectivity index (χ4v) is 4.07. The van der Waals surface area contributed by atoms with Crippen LogP contribution in [0.5, 0.6) is 0 Å². The standard InChI is InChI=1S/C27H43N3O5/c1-19(17-31)29-25(32)23-10-8-22(9-11-23)24(28-6)12-7-20(2)34-18-21-13-15-30(16-14-21)26(33)35-27(3,4)5/h7-8,12,19,21,23,31H,6,9-11,13-18H2,1-5H3,(H,29,32)/b20-7+,24-12-/t19-,23?/m0/s1. The molecule has 0 radical (unpaired) electrons. The van der Waals surface area contributed by atoms with E-state index in [1.54, 1.807) is 11.8 Å². The first-order valence-corrected chi connectivity index (χ1v) is 12.6. The molecule has 1 fully saturated rings. The zero-order valence-corrected chi connectivity index (χ0v) is 22.0. The molecule has 196 valence electrons. The minimum atomic E-state index is -0.478. The van der Waals surface area contributed by atoms with E-state index >= 15 is 0 Å². The van der Waals surface area contributed by atoms with E-state index in [4.69, 9.17) is 14.6 Å². The van der Waals surface area contributed by atoms with Crippen LogP contribution in [0.1, 0.15) is 66.7 Å². The van der Waals surface area contributed by atoms with Crippen molar-refractivity contribution in [2.75, 3.05) is 26.3 Å². The van der Waals surface area contributed by atoms with E-state index in [0.717, 1.165) is 42.7 Å². The average molecular weight is 490 g/mol. The van der Waals surface area contributed by atoms with Crippen molar-refractivity contribution >= 4 is 18.7 Å². The molecule has 2 rings (SSSR count). The van der Waals surface area contributed by atoms with Gasteiger partial charge in [0.15, 0.2) is 0 Å². The maximum atomic E-state index is 12.3. The van der Waals surface area contributed by atoms with Gasteiger partial charge in [-0.05, 0) is 97.1 Å². The van der Waals surface area contributed by atoms with Gasteiger partial charge in [0.2, 0.25) is 5.91 Å². The number of carbonyl (C=O) groups is 2. The fraction of sp³-hybridized carbons (Fsp3) is 0.667. The number of allylic oxidation sites excluding steroid dienone is 5. The van der Waals surface area contributed by atoms with Crippen molar-refractivity contribution in [2.24, 2.45) is 16.8 Å². The van der Waals surface area contributed by atoms with E-state index in [-0.39, 0.29) is 30.6 Å². The molecule has 0 spiro atoms. The van der Waals surface area contributed by atoms with Gasteiger partial charge in [0.1, 0.15) is 5.60 Å². The number of aliphatic hydroxyl groups is 1. The SMILES string of the molecule is C=N/C(=C\C=C(/C)OCC1CCN(C(=O)OC(C)(C)C)CC1)C1=CCC(C(=O)N[C@@H](C)CO)CC1. The predicted octanol–water partition coefficient (Wildman–Crippen LogP) is 4.36. The number of likely N-dealkylation sites (tertiary alicyclic amines) is 1. The highest BCUT2D eigenvalue weighted by Crippen LogP contribution is 2.29. The topological polar surface area (TPSA) is 100 Å². The van der Waals surface area contributed by atoms with Crippen molar-refractivity contribution < 1.29 is 24.2 Å². The molecule has 8 nitrogen and oxygen atoms in total. The number of amides is 2. The van der Waals surface area contributed by atoms with Crippen molar-refractivity contribution in [1.82, 2.24) is 10.2 Å². The van der Waals surface area contributed by atoms with Gasteiger partial charge in [0.25, 0.3) is 0 Å². The van der Waals surface area contributed by atoms with E-state index < -0.39 is 5.60 Å². The van der Waals surface area contributed by atoms with Crippen LogP contribution in [-0.4, -0.2) is 66.7 Å². The van der Waals surface area contributed by atoms with E-state index in [0.29, 0.717) is 32.0 Å². The molecule has 1 saturated heterocycles. The largest absolute Gasteiger partial charge is 0.498 e. The number of hydrogen-bond acceptors (Lipinski definition) is 6. The molecule has 0 bridgehead atoms. The summed E-state index contributed by atoms with van der Waals surface area (Å²) in [6.07, 6.45) is 9.54. The molecule has 1 aliphatic carbocycles. The number of piperidine rings is 1. The lowest BCUT2D eigenvalue weighted by atomic mass is 9.87. The Balaban J connectivity index is 1.81. The molecule has 0 saturated carbocycles. The van der Waals surface area contributed by atoms with E-state index in [2.05, 4.69) is 23.1 Å². The van der Waals surface area contributed by atoms with E-state index in [9.17, 15) is 9.59 Å². The maximum Gasteiger partial charge on any atom is 0.410 e. The number of aliphatic hydroxyl groups excluding tert-OH is 1. The van der Waals surface area contributed by atoms with Crippen molar-refractivity contribution in [3.63, 3.8) is 0 Å². The summed E-state index contributed by atoms with van der Waals surface area (Å²) in [5, 5.41) is 12.0. The Morgan fingerprint density at radius 1 is 1.29 bits per heavy atom. The smallest absolute Gasteiger partial charge is 0.410 e. The minimum Gasteiger partial charge on any atom is -0.498 e. The molecule has 0 aromatic carbocycles. The Bertz CT molecular complexity index is 832. The third-order valence-corrected chi connectivity index (χ3v) is 6.23. The van der Waals surface area contributed by atoms with Gasteiger partial charge >= 0.3 is 6.09 Å². The van der Waals surface area contributed by atoms with Crippen LogP contribution in [0.4, 0.5) is 4.79 Å². The number of ether oxygens (including phenoxy) is 2. The van der Waals surface area contributed by atoms with E-state index in [1.807, 2.05) is 39.8 Å². The first-order chi connectivity index (χ1) is 16.5.